The molecule has 4 heteroatoms. The fourth-order valence-electron chi connectivity index (χ4n) is 2.24. The van der Waals surface area contributed by atoms with E-state index in [2.05, 4.69) is 0 Å². The summed E-state index contributed by atoms with van der Waals surface area (Å²) in [5.41, 5.74) is 0.137. The van der Waals surface area contributed by atoms with E-state index in [-0.39, 0.29) is 11.5 Å². The number of hydrogen-bond donors (Lipinski definition) is 0. The molecule has 0 spiro atoms. The second kappa shape index (κ2) is 5.85. The zero-order valence-corrected chi connectivity index (χ0v) is 10.6. The zero-order valence-electron chi connectivity index (χ0n) is 10.6. The second-order valence-electron chi connectivity index (χ2n) is 4.55. The topological polar surface area (TPSA) is 29.5 Å². The molecular weight excluding hydrogens is 233 g/mol. The van der Waals surface area contributed by atoms with Gasteiger partial charge in [0.1, 0.15) is 11.6 Å². The summed E-state index contributed by atoms with van der Waals surface area (Å²) in [6.45, 7) is 1.45. The first-order chi connectivity index (χ1) is 8.72. The van der Waals surface area contributed by atoms with Crippen LogP contribution in [0, 0.1) is 5.82 Å². The number of methoxy groups -OCH3 is 1. The summed E-state index contributed by atoms with van der Waals surface area (Å²) in [5, 5.41) is 0. The van der Waals surface area contributed by atoms with Crippen LogP contribution in [0.3, 0.4) is 0 Å². The number of benzene rings is 1. The van der Waals surface area contributed by atoms with Gasteiger partial charge in [-0.2, -0.15) is 0 Å². The fourth-order valence-corrected chi connectivity index (χ4v) is 2.24. The van der Waals surface area contributed by atoms with Crippen LogP contribution in [0.15, 0.2) is 18.2 Å². The molecule has 1 aromatic carbocycles. The molecule has 3 nitrogen and oxygen atoms in total. The van der Waals surface area contributed by atoms with Gasteiger partial charge in [0.05, 0.1) is 12.7 Å². The van der Waals surface area contributed by atoms with Crippen molar-refractivity contribution in [1.29, 1.82) is 0 Å². The molecule has 0 aromatic heterocycles. The molecule has 0 bridgehead atoms. The van der Waals surface area contributed by atoms with Crippen molar-refractivity contribution in [2.75, 3.05) is 20.2 Å². The van der Waals surface area contributed by atoms with E-state index in [1.165, 1.54) is 19.2 Å². The fraction of sp³-hybridized carbons (Fsp3) is 0.500. The lowest BCUT2D eigenvalue weighted by Crippen LogP contribution is -2.32. The van der Waals surface area contributed by atoms with Gasteiger partial charge >= 0.3 is 0 Å². The number of ether oxygens (including phenoxy) is 1. The third-order valence-corrected chi connectivity index (χ3v) is 3.30. The average Bonchev–Trinajstić information content (AvgIpc) is 2.66. The summed E-state index contributed by atoms with van der Waals surface area (Å²) in [6, 6.07) is 4.38. The maximum atomic E-state index is 13.8. The summed E-state index contributed by atoms with van der Waals surface area (Å²) < 4.78 is 18.7. The van der Waals surface area contributed by atoms with Crippen LogP contribution in [0.2, 0.25) is 0 Å². The summed E-state index contributed by atoms with van der Waals surface area (Å²) in [4.78, 5) is 14.0. The molecule has 18 heavy (non-hydrogen) atoms. The SMILES string of the molecule is COc1ccc(C(=O)N2CCCCCC2)c(F)c1. The molecule has 1 aliphatic heterocycles. The summed E-state index contributed by atoms with van der Waals surface area (Å²) in [6.07, 6.45) is 4.30. The summed E-state index contributed by atoms with van der Waals surface area (Å²) in [7, 11) is 1.48. The van der Waals surface area contributed by atoms with Crippen LogP contribution < -0.4 is 4.74 Å². The molecule has 1 fully saturated rings. The van der Waals surface area contributed by atoms with Crippen molar-refractivity contribution in [3.05, 3.63) is 29.6 Å². The zero-order chi connectivity index (χ0) is 13.0. The Morgan fingerprint density at radius 2 is 1.89 bits per heavy atom. The van der Waals surface area contributed by atoms with Gasteiger partial charge in [0.2, 0.25) is 0 Å². The first-order valence-electron chi connectivity index (χ1n) is 6.35. The smallest absolute Gasteiger partial charge is 0.256 e. The van der Waals surface area contributed by atoms with Gasteiger partial charge in [-0.1, -0.05) is 12.8 Å². The number of carbonyl (C=O) groups excluding carboxylic acids is 1. The van der Waals surface area contributed by atoms with Crippen molar-refractivity contribution in [3.8, 4) is 5.75 Å². The van der Waals surface area contributed by atoms with Crippen LogP contribution in [0.4, 0.5) is 4.39 Å². The Hall–Kier alpha value is -1.58. The highest BCUT2D eigenvalue weighted by atomic mass is 19.1. The minimum atomic E-state index is -0.511. The largest absolute Gasteiger partial charge is 0.497 e. The molecule has 1 aromatic rings. The van der Waals surface area contributed by atoms with Crippen LogP contribution >= 0.6 is 0 Å². The Bertz CT molecular complexity index is 426. The van der Waals surface area contributed by atoms with Crippen LogP contribution in [-0.4, -0.2) is 31.0 Å². The Balaban J connectivity index is 2.16. The molecule has 98 valence electrons. The van der Waals surface area contributed by atoms with Crippen LogP contribution in [0.25, 0.3) is 0 Å². The van der Waals surface area contributed by atoms with Gasteiger partial charge in [-0.05, 0) is 25.0 Å². The molecule has 1 amide bonds. The standard InChI is InChI=1S/C14H18FNO2/c1-18-11-6-7-12(13(15)10-11)14(17)16-8-4-2-3-5-9-16/h6-7,10H,2-5,8-9H2,1H3. The van der Waals surface area contributed by atoms with Gasteiger partial charge in [0.25, 0.3) is 5.91 Å². The van der Waals surface area contributed by atoms with Crippen LogP contribution in [-0.2, 0) is 0 Å². The number of rotatable bonds is 2. The highest BCUT2D eigenvalue weighted by Gasteiger charge is 2.20. The molecule has 0 unspecified atom stereocenters. The van der Waals surface area contributed by atoms with E-state index >= 15 is 0 Å². The van der Waals surface area contributed by atoms with E-state index in [1.807, 2.05) is 0 Å². The van der Waals surface area contributed by atoms with Crippen LogP contribution in [0.5, 0.6) is 5.75 Å². The van der Waals surface area contributed by atoms with Crippen LogP contribution in [0.1, 0.15) is 36.0 Å². The van der Waals surface area contributed by atoms with E-state index in [1.54, 1.807) is 11.0 Å². The van der Waals surface area contributed by atoms with E-state index in [4.69, 9.17) is 4.74 Å². The molecule has 1 heterocycles. The predicted molar refractivity (Wildman–Crippen MR) is 67.3 cm³/mol. The van der Waals surface area contributed by atoms with Crippen molar-refractivity contribution < 1.29 is 13.9 Å². The van der Waals surface area contributed by atoms with Crippen molar-refractivity contribution >= 4 is 5.91 Å². The molecule has 1 saturated heterocycles. The monoisotopic (exact) mass is 251 g/mol. The van der Waals surface area contributed by atoms with Crippen molar-refractivity contribution in [2.24, 2.45) is 0 Å². The number of likely N-dealkylation sites (tertiary alicyclic amines) is 1. The molecule has 2 rings (SSSR count). The van der Waals surface area contributed by atoms with E-state index in [9.17, 15) is 9.18 Å². The first kappa shape index (κ1) is 12.9. The molecule has 0 saturated carbocycles. The molecular formula is C14H18FNO2. The number of nitrogens with zero attached hydrogens (tertiary/aromatic N) is 1. The van der Waals surface area contributed by atoms with Gasteiger partial charge in [0, 0.05) is 19.2 Å². The van der Waals surface area contributed by atoms with Gasteiger partial charge in [-0.25, -0.2) is 4.39 Å². The van der Waals surface area contributed by atoms with Gasteiger partial charge < -0.3 is 9.64 Å². The maximum absolute atomic E-state index is 13.8. The minimum Gasteiger partial charge on any atom is -0.497 e. The second-order valence-corrected chi connectivity index (χ2v) is 4.55. The molecule has 0 radical (unpaired) electrons. The van der Waals surface area contributed by atoms with E-state index in [0.29, 0.717) is 5.75 Å². The van der Waals surface area contributed by atoms with Gasteiger partial charge in [-0.15, -0.1) is 0 Å². The maximum Gasteiger partial charge on any atom is 0.256 e. The van der Waals surface area contributed by atoms with Crippen molar-refractivity contribution in [1.82, 2.24) is 4.90 Å². The normalized spacial score (nSPS) is 16.2. The lowest BCUT2D eigenvalue weighted by molar-refractivity contribution is 0.0757. The first-order valence-corrected chi connectivity index (χ1v) is 6.35. The molecule has 0 N–H and O–H groups in total. The average molecular weight is 251 g/mol. The number of carbonyl (C=O) groups is 1. The lowest BCUT2D eigenvalue weighted by Gasteiger charge is -2.20. The van der Waals surface area contributed by atoms with Gasteiger partial charge in [-0.3, -0.25) is 4.79 Å². The Morgan fingerprint density at radius 1 is 1.22 bits per heavy atom. The molecule has 1 aliphatic rings. The predicted octanol–water partition coefficient (Wildman–Crippen LogP) is 2.85. The van der Waals surface area contributed by atoms with E-state index < -0.39 is 5.82 Å². The van der Waals surface area contributed by atoms with Gasteiger partial charge in [0.15, 0.2) is 0 Å². The Kier molecular flexibility index (Phi) is 4.18. The third kappa shape index (κ3) is 2.81. The minimum absolute atomic E-state index is 0.137. The number of halogens is 1. The quantitative estimate of drug-likeness (QED) is 0.809. The molecule has 0 aliphatic carbocycles. The lowest BCUT2D eigenvalue weighted by atomic mass is 10.1. The van der Waals surface area contributed by atoms with Crippen molar-refractivity contribution in [2.45, 2.75) is 25.7 Å². The summed E-state index contributed by atoms with van der Waals surface area (Å²) in [5.74, 6) is -0.291. The third-order valence-electron chi connectivity index (χ3n) is 3.30. The summed E-state index contributed by atoms with van der Waals surface area (Å²) >= 11 is 0. The highest BCUT2D eigenvalue weighted by Crippen LogP contribution is 2.19. The number of amides is 1. The van der Waals surface area contributed by atoms with Crippen molar-refractivity contribution in [3.63, 3.8) is 0 Å². The Morgan fingerprint density at radius 3 is 2.44 bits per heavy atom. The van der Waals surface area contributed by atoms with E-state index in [0.717, 1.165) is 38.8 Å². The molecule has 0 atom stereocenters. The number of hydrogen-bond acceptors (Lipinski definition) is 2. The highest BCUT2D eigenvalue weighted by molar-refractivity contribution is 5.94. The Labute approximate surface area is 107 Å².